The molecule has 5 heteroatoms. The maximum absolute atomic E-state index is 11.7. The van der Waals surface area contributed by atoms with E-state index in [0.717, 1.165) is 12.8 Å². The van der Waals surface area contributed by atoms with Gasteiger partial charge in [-0.15, -0.1) is 0 Å². The summed E-state index contributed by atoms with van der Waals surface area (Å²) in [5, 5.41) is 5.53. The Labute approximate surface area is 113 Å². The Morgan fingerprint density at radius 3 is 2.42 bits per heavy atom. The largest absolute Gasteiger partial charge is 0.354 e. The zero-order valence-corrected chi connectivity index (χ0v) is 11.5. The number of rotatable bonds is 7. The molecule has 0 atom stereocenters. The highest BCUT2D eigenvalue weighted by molar-refractivity contribution is 5.92. The first-order valence-corrected chi connectivity index (χ1v) is 6.66. The van der Waals surface area contributed by atoms with Crippen LogP contribution in [0.5, 0.6) is 0 Å². The van der Waals surface area contributed by atoms with Crippen LogP contribution in [0.25, 0.3) is 0 Å². The second kappa shape index (κ2) is 8.24. The third-order valence-electron chi connectivity index (χ3n) is 2.96. The lowest BCUT2D eigenvalue weighted by atomic mass is 10.0. The van der Waals surface area contributed by atoms with Crippen molar-refractivity contribution >= 4 is 11.8 Å². The molecule has 0 spiro atoms. The lowest BCUT2D eigenvalue weighted by Gasteiger charge is -2.12. The number of hydrogen-bond donors (Lipinski definition) is 2. The standard InChI is InChI=1S/C14H21N3O2/c1-3-11(4-2)13(18)16-9-10-17-14(19)12-7-5-6-8-15-12/h5-8,11H,3-4,9-10H2,1-2H3,(H,16,18)(H,17,19). The van der Waals surface area contributed by atoms with Crippen LogP contribution in [0.15, 0.2) is 24.4 Å². The van der Waals surface area contributed by atoms with E-state index in [-0.39, 0.29) is 17.7 Å². The molecule has 0 aromatic carbocycles. The van der Waals surface area contributed by atoms with Crippen LogP contribution in [0, 0.1) is 5.92 Å². The smallest absolute Gasteiger partial charge is 0.269 e. The monoisotopic (exact) mass is 263 g/mol. The molecule has 0 saturated heterocycles. The Morgan fingerprint density at radius 1 is 1.16 bits per heavy atom. The molecular weight excluding hydrogens is 242 g/mol. The lowest BCUT2D eigenvalue weighted by Crippen LogP contribution is -2.37. The van der Waals surface area contributed by atoms with E-state index in [1.807, 2.05) is 13.8 Å². The molecule has 19 heavy (non-hydrogen) atoms. The molecule has 1 heterocycles. The molecule has 0 radical (unpaired) electrons. The van der Waals surface area contributed by atoms with E-state index in [1.165, 1.54) is 0 Å². The van der Waals surface area contributed by atoms with Crippen molar-refractivity contribution in [2.24, 2.45) is 5.92 Å². The van der Waals surface area contributed by atoms with Crippen molar-refractivity contribution in [3.05, 3.63) is 30.1 Å². The van der Waals surface area contributed by atoms with Crippen LogP contribution < -0.4 is 10.6 Å². The molecule has 2 amide bonds. The summed E-state index contributed by atoms with van der Waals surface area (Å²) in [6.45, 7) is 4.84. The van der Waals surface area contributed by atoms with Crippen molar-refractivity contribution < 1.29 is 9.59 Å². The summed E-state index contributed by atoms with van der Waals surface area (Å²) in [7, 11) is 0. The molecule has 0 unspecified atom stereocenters. The van der Waals surface area contributed by atoms with Gasteiger partial charge in [-0.1, -0.05) is 19.9 Å². The molecule has 0 saturated carbocycles. The Hall–Kier alpha value is -1.91. The lowest BCUT2D eigenvalue weighted by molar-refractivity contribution is -0.125. The van der Waals surface area contributed by atoms with Gasteiger partial charge in [0, 0.05) is 25.2 Å². The Bertz CT molecular complexity index is 402. The summed E-state index contributed by atoms with van der Waals surface area (Å²) in [5.41, 5.74) is 0.383. The minimum absolute atomic E-state index is 0.0529. The normalized spacial score (nSPS) is 10.3. The van der Waals surface area contributed by atoms with Crippen LogP contribution in [0.2, 0.25) is 0 Å². The van der Waals surface area contributed by atoms with Gasteiger partial charge in [0.15, 0.2) is 0 Å². The van der Waals surface area contributed by atoms with E-state index in [1.54, 1.807) is 24.4 Å². The number of carbonyl (C=O) groups is 2. The van der Waals surface area contributed by atoms with Crippen LogP contribution >= 0.6 is 0 Å². The van der Waals surface area contributed by atoms with E-state index in [2.05, 4.69) is 15.6 Å². The highest BCUT2D eigenvalue weighted by Gasteiger charge is 2.13. The number of aromatic nitrogens is 1. The second-order valence-corrected chi connectivity index (χ2v) is 4.28. The SMILES string of the molecule is CCC(CC)C(=O)NCCNC(=O)c1ccccn1. The van der Waals surface area contributed by atoms with Crippen LogP contribution in [0.3, 0.4) is 0 Å². The minimum atomic E-state index is -0.225. The third kappa shape index (κ3) is 5.07. The first kappa shape index (κ1) is 15.1. The predicted octanol–water partition coefficient (Wildman–Crippen LogP) is 1.36. The number of nitrogens with zero attached hydrogens (tertiary/aromatic N) is 1. The average molecular weight is 263 g/mol. The Morgan fingerprint density at radius 2 is 1.84 bits per heavy atom. The highest BCUT2D eigenvalue weighted by Crippen LogP contribution is 2.06. The van der Waals surface area contributed by atoms with E-state index < -0.39 is 0 Å². The van der Waals surface area contributed by atoms with Gasteiger partial charge in [-0.05, 0) is 25.0 Å². The van der Waals surface area contributed by atoms with Gasteiger partial charge in [0.2, 0.25) is 5.91 Å². The van der Waals surface area contributed by atoms with Crippen LogP contribution in [-0.2, 0) is 4.79 Å². The number of amides is 2. The molecule has 0 bridgehead atoms. The zero-order valence-electron chi connectivity index (χ0n) is 11.5. The molecular formula is C14H21N3O2. The van der Waals surface area contributed by atoms with Crippen molar-refractivity contribution in [3.63, 3.8) is 0 Å². The van der Waals surface area contributed by atoms with Gasteiger partial charge < -0.3 is 10.6 Å². The van der Waals surface area contributed by atoms with Crippen molar-refractivity contribution in [1.29, 1.82) is 0 Å². The fourth-order valence-corrected chi connectivity index (χ4v) is 1.75. The average Bonchev–Trinajstić information content (AvgIpc) is 2.45. The number of pyridine rings is 1. The van der Waals surface area contributed by atoms with E-state index in [4.69, 9.17) is 0 Å². The van der Waals surface area contributed by atoms with Gasteiger partial charge in [0.25, 0.3) is 5.91 Å². The molecule has 104 valence electrons. The van der Waals surface area contributed by atoms with E-state index in [0.29, 0.717) is 18.8 Å². The predicted molar refractivity (Wildman–Crippen MR) is 73.7 cm³/mol. The summed E-state index contributed by atoms with van der Waals surface area (Å²) in [6, 6.07) is 5.17. The van der Waals surface area contributed by atoms with Crippen LogP contribution in [0.4, 0.5) is 0 Å². The van der Waals surface area contributed by atoms with Gasteiger partial charge in [-0.25, -0.2) is 0 Å². The molecule has 5 nitrogen and oxygen atoms in total. The molecule has 1 rings (SSSR count). The van der Waals surface area contributed by atoms with Crippen LogP contribution in [0.1, 0.15) is 37.2 Å². The van der Waals surface area contributed by atoms with Gasteiger partial charge in [0.1, 0.15) is 5.69 Å². The fourth-order valence-electron chi connectivity index (χ4n) is 1.75. The van der Waals surface area contributed by atoms with Crippen molar-refractivity contribution in [2.75, 3.05) is 13.1 Å². The van der Waals surface area contributed by atoms with Gasteiger partial charge in [0.05, 0.1) is 0 Å². The van der Waals surface area contributed by atoms with E-state index >= 15 is 0 Å². The van der Waals surface area contributed by atoms with Crippen LogP contribution in [-0.4, -0.2) is 29.9 Å². The summed E-state index contributed by atoms with van der Waals surface area (Å²) < 4.78 is 0. The minimum Gasteiger partial charge on any atom is -0.354 e. The summed E-state index contributed by atoms with van der Waals surface area (Å²) in [5.74, 6) is -0.110. The Kier molecular flexibility index (Phi) is 6.57. The topological polar surface area (TPSA) is 71.1 Å². The Balaban J connectivity index is 2.24. The van der Waals surface area contributed by atoms with Gasteiger partial charge >= 0.3 is 0 Å². The number of carbonyl (C=O) groups excluding carboxylic acids is 2. The van der Waals surface area contributed by atoms with Crippen molar-refractivity contribution in [2.45, 2.75) is 26.7 Å². The maximum Gasteiger partial charge on any atom is 0.269 e. The van der Waals surface area contributed by atoms with E-state index in [9.17, 15) is 9.59 Å². The quantitative estimate of drug-likeness (QED) is 0.730. The molecule has 1 aromatic heterocycles. The summed E-state index contributed by atoms with van der Waals surface area (Å²) in [4.78, 5) is 27.3. The summed E-state index contributed by atoms with van der Waals surface area (Å²) >= 11 is 0. The molecule has 2 N–H and O–H groups in total. The first-order chi connectivity index (χ1) is 9.19. The maximum atomic E-state index is 11.7. The first-order valence-electron chi connectivity index (χ1n) is 6.66. The highest BCUT2D eigenvalue weighted by atomic mass is 16.2. The zero-order chi connectivity index (χ0) is 14.1. The molecule has 0 aliphatic heterocycles. The second-order valence-electron chi connectivity index (χ2n) is 4.28. The van der Waals surface area contributed by atoms with Crippen molar-refractivity contribution in [1.82, 2.24) is 15.6 Å². The molecule has 0 aliphatic carbocycles. The molecule has 0 fully saturated rings. The number of nitrogens with one attached hydrogen (secondary N) is 2. The fraction of sp³-hybridized carbons (Fsp3) is 0.500. The third-order valence-corrected chi connectivity index (χ3v) is 2.96. The summed E-state index contributed by atoms with van der Waals surface area (Å²) in [6.07, 6.45) is 3.25. The number of hydrogen-bond acceptors (Lipinski definition) is 3. The van der Waals surface area contributed by atoms with Gasteiger partial charge in [-0.3, -0.25) is 14.6 Å². The van der Waals surface area contributed by atoms with Gasteiger partial charge in [-0.2, -0.15) is 0 Å². The molecule has 0 aliphatic rings. The van der Waals surface area contributed by atoms with Crippen molar-refractivity contribution in [3.8, 4) is 0 Å². The molecule has 1 aromatic rings.